The Bertz CT molecular complexity index is 1060. The third-order valence-corrected chi connectivity index (χ3v) is 6.35. The molecule has 194 valence electrons. The third-order valence-electron chi connectivity index (χ3n) is 6.35. The van der Waals surface area contributed by atoms with Crippen molar-refractivity contribution in [2.24, 2.45) is 5.92 Å². The van der Waals surface area contributed by atoms with E-state index >= 15 is 0 Å². The molecule has 0 fully saturated rings. The van der Waals surface area contributed by atoms with E-state index in [4.69, 9.17) is 9.47 Å². The second kappa shape index (κ2) is 12.5. The maximum atomic E-state index is 13.4. The first kappa shape index (κ1) is 27.1. The number of nitrogens with zero attached hydrogens (tertiary/aromatic N) is 3. The number of hydrogen-bond acceptors (Lipinski definition) is 6. The van der Waals surface area contributed by atoms with Crippen LogP contribution in [0.3, 0.4) is 0 Å². The predicted octanol–water partition coefficient (Wildman–Crippen LogP) is 3.47. The van der Waals surface area contributed by atoms with E-state index in [1.807, 2.05) is 20.8 Å². The highest BCUT2D eigenvalue weighted by atomic mass is 16.5. The van der Waals surface area contributed by atoms with E-state index in [1.54, 1.807) is 66.6 Å². The number of ether oxygens (including phenoxy) is 2. The first-order valence-electron chi connectivity index (χ1n) is 12.3. The predicted molar refractivity (Wildman–Crippen MR) is 137 cm³/mol. The van der Waals surface area contributed by atoms with Gasteiger partial charge in [-0.2, -0.15) is 0 Å². The van der Waals surface area contributed by atoms with Gasteiger partial charge in [-0.1, -0.05) is 19.9 Å². The zero-order valence-electron chi connectivity index (χ0n) is 21.7. The summed E-state index contributed by atoms with van der Waals surface area (Å²) in [5, 5.41) is 2.84. The number of aromatic nitrogens is 1. The number of carbonyl (C=O) groups is 3. The number of likely N-dealkylation sites (N-methyl/N-ethyl adjacent to an activating group) is 1. The van der Waals surface area contributed by atoms with Crippen molar-refractivity contribution in [3.05, 3.63) is 53.9 Å². The fourth-order valence-corrected chi connectivity index (χ4v) is 4.22. The molecule has 3 rings (SSSR count). The number of nitrogens with one attached hydrogen (secondary N) is 1. The maximum absolute atomic E-state index is 13.4. The first-order chi connectivity index (χ1) is 17.2. The minimum Gasteiger partial charge on any atom is -0.491 e. The fraction of sp³-hybridized carbons (Fsp3) is 0.481. The van der Waals surface area contributed by atoms with Gasteiger partial charge in [0.15, 0.2) is 0 Å². The minimum atomic E-state index is -0.304. The minimum absolute atomic E-state index is 0.0704. The molecular formula is C27H36N4O5. The highest BCUT2D eigenvalue weighted by Crippen LogP contribution is 2.27. The summed E-state index contributed by atoms with van der Waals surface area (Å²) in [6.45, 7) is 6.75. The van der Waals surface area contributed by atoms with E-state index in [0.717, 1.165) is 6.42 Å². The molecule has 1 aliphatic heterocycles. The Labute approximate surface area is 212 Å². The van der Waals surface area contributed by atoms with Gasteiger partial charge in [0.05, 0.1) is 17.7 Å². The molecule has 0 radical (unpaired) electrons. The largest absolute Gasteiger partial charge is 0.491 e. The van der Waals surface area contributed by atoms with Gasteiger partial charge in [0.2, 0.25) is 5.91 Å². The molecule has 1 N–H and O–H groups in total. The monoisotopic (exact) mass is 496 g/mol. The molecule has 1 aromatic heterocycles. The number of methoxy groups -OCH3 is 1. The summed E-state index contributed by atoms with van der Waals surface area (Å²) in [5.41, 5.74) is 1.23. The van der Waals surface area contributed by atoms with Gasteiger partial charge in [0.1, 0.15) is 18.1 Å². The van der Waals surface area contributed by atoms with Crippen molar-refractivity contribution >= 4 is 23.4 Å². The van der Waals surface area contributed by atoms with Crippen LogP contribution in [-0.2, 0) is 9.53 Å². The fourth-order valence-electron chi connectivity index (χ4n) is 4.22. The summed E-state index contributed by atoms with van der Waals surface area (Å²) >= 11 is 0. The van der Waals surface area contributed by atoms with Crippen LogP contribution in [0.4, 0.5) is 5.69 Å². The number of fused-ring (bicyclic) bond motifs is 1. The summed E-state index contributed by atoms with van der Waals surface area (Å²) in [6, 6.07) is 9.98. The molecule has 0 saturated carbocycles. The Morgan fingerprint density at radius 1 is 1.19 bits per heavy atom. The van der Waals surface area contributed by atoms with Gasteiger partial charge >= 0.3 is 0 Å². The standard InChI is InChI=1S/C27H36N4O5/c1-6-9-25(32)29-20-11-12-23-21(14-20)26(33)30(4)16-24(35-5)18(2)15-31(19(3)17-36-23)27(34)22-10-7-8-13-28-22/h7-8,10-14,18-19,24H,6,9,15-17H2,1-5H3,(H,29,32)/t18-,19-,24-/m0/s1. The lowest BCUT2D eigenvalue weighted by Crippen LogP contribution is -2.48. The van der Waals surface area contributed by atoms with E-state index in [9.17, 15) is 14.4 Å². The van der Waals surface area contributed by atoms with Gasteiger partial charge in [-0.05, 0) is 43.7 Å². The highest BCUT2D eigenvalue weighted by Gasteiger charge is 2.31. The van der Waals surface area contributed by atoms with E-state index in [0.29, 0.717) is 42.2 Å². The Hall–Kier alpha value is -3.46. The van der Waals surface area contributed by atoms with Gasteiger partial charge in [0.25, 0.3) is 11.8 Å². The Morgan fingerprint density at radius 3 is 2.64 bits per heavy atom. The van der Waals surface area contributed by atoms with Crippen molar-refractivity contribution in [1.82, 2.24) is 14.8 Å². The average molecular weight is 497 g/mol. The number of benzene rings is 1. The van der Waals surface area contributed by atoms with Gasteiger partial charge in [-0.3, -0.25) is 19.4 Å². The molecule has 9 heteroatoms. The summed E-state index contributed by atoms with van der Waals surface area (Å²) in [4.78, 5) is 46.5. The molecule has 3 amide bonds. The third kappa shape index (κ3) is 6.60. The van der Waals surface area contributed by atoms with Crippen LogP contribution in [0.2, 0.25) is 0 Å². The lowest BCUT2D eigenvalue weighted by atomic mass is 10.0. The number of amides is 3. The topological polar surface area (TPSA) is 101 Å². The molecule has 2 heterocycles. The van der Waals surface area contributed by atoms with E-state index < -0.39 is 0 Å². The molecule has 36 heavy (non-hydrogen) atoms. The molecule has 2 aromatic rings. The molecule has 1 aromatic carbocycles. The summed E-state index contributed by atoms with van der Waals surface area (Å²) in [5.74, 6) is -0.221. The Morgan fingerprint density at radius 2 is 1.97 bits per heavy atom. The van der Waals surface area contributed by atoms with Gasteiger partial charge in [-0.15, -0.1) is 0 Å². The summed E-state index contributed by atoms with van der Waals surface area (Å²) < 4.78 is 11.8. The lowest BCUT2D eigenvalue weighted by Gasteiger charge is -2.36. The molecule has 0 unspecified atom stereocenters. The second-order valence-corrected chi connectivity index (χ2v) is 9.28. The van der Waals surface area contributed by atoms with Crippen molar-refractivity contribution in [3.63, 3.8) is 0 Å². The highest BCUT2D eigenvalue weighted by molar-refractivity contribution is 5.99. The molecule has 0 spiro atoms. The van der Waals surface area contributed by atoms with Crippen LogP contribution in [0.5, 0.6) is 5.75 Å². The van der Waals surface area contributed by atoms with Gasteiger partial charge < -0.3 is 24.6 Å². The van der Waals surface area contributed by atoms with Crippen LogP contribution in [0, 0.1) is 5.92 Å². The van der Waals surface area contributed by atoms with Crippen molar-refractivity contribution in [3.8, 4) is 5.75 Å². The summed E-state index contributed by atoms with van der Waals surface area (Å²) in [7, 11) is 3.32. The van der Waals surface area contributed by atoms with Gasteiger partial charge in [-0.25, -0.2) is 0 Å². The van der Waals surface area contributed by atoms with Crippen LogP contribution < -0.4 is 10.1 Å². The second-order valence-electron chi connectivity index (χ2n) is 9.28. The Kier molecular flexibility index (Phi) is 9.41. The van der Waals surface area contributed by atoms with Crippen molar-refractivity contribution in [2.75, 3.05) is 39.2 Å². The number of rotatable bonds is 5. The van der Waals surface area contributed by atoms with E-state index in [-0.39, 0.29) is 42.4 Å². The molecule has 9 nitrogen and oxygen atoms in total. The zero-order valence-corrected chi connectivity index (χ0v) is 21.7. The smallest absolute Gasteiger partial charge is 0.272 e. The first-order valence-corrected chi connectivity index (χ1v) is 12.3. The molecule has 0 saturated heterocycles. The van der Waals surface area contributed by atoms with Crippen LogP contribution in [0.25, 0.3) is 0 Å². The quantitative estimate of drug-likeness (QED) is 0.680. The van der Waals surface area contributed by atoms with E-state index in [2.05, 4.69) is 10.3 Å². The van der Waals surface area contributed by atoms with Crippen LogP contribution in [0.15, 0.2) is 42.6 Å². The molecule has 0 aliphatic carbocycles. The molecule has 0 bridgehead atoms. The normalized spacial score (nSPS) is 21.0. The number of pyridine rings is 1. The summed E-state index contributed by atoms with van der Waals surface area (Å²) in [6.07, 6.45) is 2.41. The van der Waals surface area contributed by atoms with Crippen LogP contribution in [0.1, 0.15) is 54.5 Å². The molecular weight excluding hydrogens is 460 g/mol. The Balaban J connectivity index is 1.96. The van der Waals surface area contributed by atoms with Gasteiger partial charge in [0, 0.05) is 51.5 Å². The maximum Gasteiger partial charge on any atom is 0.272 e. The molecule has 3 atom stereocenters. The van der Waals surface area contributed by atoms with Crippen molar-refractivity contribution in [1.29, 1.82) is 0 Å². The zero-order chi connectivity index (χ0) is 26.2. The van der Waals surface area contributed by atoms with E-state index in [1.165, 1.54) is 0 Å². The van der Waals surface area contributed by atoms with Crippen molar-refractivity contribution in [2.45, 2.75) is 45.8 Å². The number of carbonyl (C=O) groups excluding carboxylic acids is 3. The number of anilines is 1. The van der Waals surface area contributed by atoms with Crippen molar-refractivity contribution < 1.29 is 23.9 Å². The van der Waals surface area contributed by atoms with Crippen LogP contribution in [-0.4, -0.2) is 78.5 Å². The lowest BCUT2D eigenvalue weighted by molar-refractivity contribution is -0.116. The number of hydrogen-bond donors (Lipinski definition) is 1. The average Bonchev–Trinajstić information content (AvgIpc) is 2.88. The van der Waals surface area contributed by atoms with Crippen LogP contribution >= 0.6 is 0 Å². The SMILES string of the molecule is CCCC(=O)Nc1ccc2c(c1)C(=O)N(C)C[C@H](OC)[C@@H](C)CN(C(=O)c1ccccn1)[C@@H](C)CO2. The molecule has 1 aliphatic rings.